The summed E-state index contributed by atoms with van der Waals surface area (Å²) in [5.74, 6) is 2.80. The monoisotopic (exact) mass is 320 g/mol. The van der Waals surface area contributed by atoms with Crippen LogP contribution in [0.15, 0.2) is 24.3 Å². The van der Waals surface area contributed by atoms with Gasteiger partial charge < -0.3 is 5.32 Å². The van der Waals surface area contributed by atoms with E-state index >= 15 is 0 Å². The zero-order valence-electron chi connectivity index (χ0n) is 12.4. The van der Waals surface area contributed by atoms with E-state index in [1.165, 1.54) is 31.4 Å². The molecule has 2 bridgehead atoms. The number of nitrogens with one attached hydrogen (secondary N) is 1. The average molecular weight is 320 g/mol. The van der Waals surface area contributed by atoms with Gasteiger partial charge in [0.15, 0.2) is 0 Å². The number of nitrogens with zero attached hydrogens (tertiary/aromatic N) is 1. The quantitative estimate of drug-likeness (QED) is 0.645. The van der Waals surface area contributed by atoms with Crippen LogP contribution in [-0.2, 0) is 10.5 Å². The molecule has 1 aromatic carbocycles. The lowest BCUT2D eigenvalue weighted by molar-refractivity contribution is -0.384. The van der Waals surface area contributed by atoms with Gasteiger partial charge in [-0.15, -0.1) is 11.8 Å². The molecule has 1 amide bonds. The summed E-state index contributed by atoms with van der Waals surface area (Å²) in [6.07, 6.45) is 5.06. The summed E-state index contributed by atoms with van der Waals surface area (Å²) < 4.78 is 0. The smallest absolute Gasteiger partial charge is 0.269 e. The van der Waals surface area contributed by atoms with Crippen LogP contribution in [0.1, 0.15) is 31.2 Å². The Hall–Kier alpha value is -1.56. The van der Waals surface area contributed by atoms with Crippen molar-refractivity contribution in [1.82, 2.24) is 5.32 Å². The first-order valence-corrected chi connectivity index (χ1v) is 8.87. The van der Waals surface area contributed by atoms with Gasteiger partial charge in [0.25, 0.3) is 5.69 Å². The maximum absolute atomic E-state index is 12.0. The largest absolute Gasteiger partial charge is 0.352 e. The number of carbonyl (C=O) groups is 1. The van der Waals surface area contributed by atoms with Crippen molar-refractivity contribution in [2.45, 2.75) is 37.5 Å². The molecule has 22 heavy (non-hydrogen) atoms. The van der Waals surface area contributed by atoms with Gasteiger partial charge in [-0.2, -0.15) is 0 Å². The molecule has 1 N–H and O–H groups in total. The second-order valence-electron chi connectivity index (χ2n) is 6.27. The number of fused-ring (bicyclic) bond motifs is 2. The minimum atomic E-state index is -0.403. The van der Waals surface area contributed by atoms with Crippen LogP contribution < -0.4 is 5.32 Å². The molecule has 3 atom stereocenters. The molecule has 0 aliphatic heterocycles. The van der Waals surface area contributed by atoms with Crippen molar-refractivity contribution in [3.63, 3.8) is 0 Å². The highest BCUT2D eigenvalue weighted by Crippen LogP contribution is 2.44. The third-order valence-corrected chi connectivity index (χ3v) is 5.74. The molecule has 0 radical (unpaired) electrons. The first-order chi connectivity index (χ1) is 10.6. The van der Waals surface area contributed by atoms with Crippen LogP contribution in [0.5, 0.6) is 0 Å². The second kappa shape index (κ2) is 6.69. The van der Waals surface area contributed by atoms with Gasteiger partial charge in [0.2, 0.25) is 5.91 Å². The summed E-state index contributed by atoms with van der Waals surface area (Å²) in [5, 5.41) is 13.8. The Morgan fingerprint density at radius 3 is 2.64 bits per heavy atom. The molecule has 5 nitrogen and oxygen atoms in total. The Labute approximate surface area is 134 Å². The number of nitro benzene ring substituents is 1. The fourth-order valence-corrected chi connectivity index (χ4v) is 4.44. The van der Waals surface area contributed by atoms with E-state index in [1.54, 1.807) is 23.9 Å². The normalized spacial score (nSPS) is 26.1. The van der Waals surface area contributed by atoms with Gasteiger partial charge in [0.1, 0.15) is 0 Å². The first kappa shape index (κ1) is 15.3. The number of rotatable bonds is 6. The lowest BCUT2D eigenvalue weighted by atomic mass is 9.95. The number of hydrogen-bond acceptors (Lipinski definition) is 4. The van der Waals surface area contributed by atoms with Crippen LogP contribution in [0.4, 0.5) is 5.69 Å². The molecule has 1 aromatic rings. The highest BCUT2D eigenvalue weighted by atomic mass is 32.2. The zero-order chi connectivity index (χ0) is 15.5. The summed E-state index contributed by atoms with van der Waals surface area (Å²) in [6, 6.07) is 6.90. The van der Waals surface area contributed by atoms with Crippen molar-refractivity contribution < 1.29 is 9.72 Å². The SMILES string of the molecule is O=C(CSCc1ccc([N+](=O)[O-])cc1)N[C@@H]1C[C@H]2CC[C@H]1C2. The minimum Gasteiger partial charge on any atom is -0.352 e. The molecule has 2 aliphatic rings. The summed E-state index contributed by atoms with van der Waals surface area (Å²) in [6.45, 7) is 0. The van der Waals surface area contributed by atoms with Crippen molar-refractivity contribution in [2.24, 2.45) is 11.8 Å². The third kappa shape index (κ3) is 3.61. The van der Waals surface area contributed by atoms with Crippen LogP contribution in [0.3, 0.4) is 0 Å². The number of non-ortho nitro benzene ring substituents is 1. The van der Waals surface area contributed by atoms with Gasteiger partial charge in [-0.1, -0.05) is 18.6 Å². The number of thioether (sulfide) groups is 1. The molecule has 6 heteroatoms. The van der Waals surface area contributed by atoms with Crippen LogP contribution >= 0.6 is 11.8 Å². The van der Waals surface area contributed by atoms with Gasteiger partial charge in [-0.3, -0.25) is 14.9 Å². The fourth-order valence-electron chi connectivity index (χ4n) is 3.65. The standard InChI is InChI=1S/C16H20N2O3S/c19-16(17-15-8-12-1-4-13(15)7-12)10-22-9-11-2-5-14(6-3-11)18(20)21/h2-3,5-6,12-13,15H,1,4,7-10H2,(H,17,19)/t12-,13-,15+/m0/s1. The molecule has 0 saturated heterocycles. The van der Waals surface area contributed by atoms with E-state index in [9.17, 15) is 14.9 Å². The predicted molar refractivity (Wildman–Crippen MR) is 86.6 cm³/mol. The molecule has 0 spiro atoms. The van der Waals surface area contributed by atoms with Crippen molar-refractivity contribution in [3.8, 4) is 0 Å². The molecule has 2 fully saturated rings. The van der Waals surface area contributed by atoms with E-state index < -0.39 is 4.92 Å². The van der Waals surface area contributed by atoms with E-state index in [1.807, 2.05) is 0 Å². The molecule has 0 heterocycles. The zero-order valence-corrected chi connectivity index (χ0v) is 13.2. The van der Waals surface area contributed by atoms with Crippen molar-refractivity contribution in [3.05, 3.63) is 39.9 Å². The Balaban J connectivity index is 1.39. The second-order valence-corrected chi connectivity index (χ2v) is 7.25. The number of amides is 1. The molecule has 3 rings (SSSR count). The molecular weight excluding hydrogens is 300 g/mol. The van der Waals surface area contributed by atoms with Crippen molar-refractivity contribution >= 4 is 23.4 Å². The Morgan fingerprint density at radius 1 is 1.27 bits per heavy atom. The number of carbonyl (C=O) groups excluding carboxylic acids is 1. The Kier molecular flexibility index (Phi) is 4.66. The van der Waals surface area contributed by atoms with E-state index in [-0.39, 0.29) is 11.6 Å². The topological polar surface area (TPSA) is 72.2 Å². The van der Waals surface area contributed by atoms with E-state index in [4.69, 9.17) is 0 Å². The van der Waals surface area contributed by atoms with Crippen LogP contribution in [-0.4, -0.2) is 22.6 Å². The number of benzene rings is 1. The maximum Gasteiger partial charge on any atom is 0.269 e. The van der Waals surface area contributed by atoms with E-state index in [0.29, 0.717) is 23.5 Å². The molecule has 2 aliphatic carbocycles. The predicted octanol–water partition coefficient (Wildman–Crippen LogP) is 3.13. The highest BCUT2D eigenvalue weighted by Gasteiger charge is 2.39. The summed E-state index contributed by atoms with van der Waals surface area (Å²) in [4.78, 5) is 22.2. The summed E-state index contributed by atoms with van der Waals surface area (Å²) >= 11 is 1.55. The summed E-state index contributed by atoms with van der Waals surface area (Å²) in [5.41, 5.74) is 1.10. The fraction of sp³-hybridized carbons (Fsp3) is 0.562. The van der Waals surface area contributed by atoms with Gasteiger partial charge in [-0.25, -0.2) is 0 Å². The van der Waals surface area contributed by atoms with Crippen molar-refractivity contribution in [1.29, 1.82) is 0 Å². The lowest BCUT2D eigenvalue weighted by Gasteiger charge is -2.22. The molecule has 118 valence electrons. The Morgan fingerprint density at radius 2 is 2.05 bits per heavy atom. The minimum absolute atomic E-state index is 0.0998. The average Bonchev–Trinajstić information content (AvgIpc) is 3.10. The van der Waals surface area contributed by atoms with Crippen molar-refractivity contribution in [2.75, 3.05) is 5.75 Å². The molecule has 2 saturated carbocycles. The van der Waals surface area contributed by atoms with Gasteiger partial charge in [-0.05, 0) is 36.7 Å². The van der Waals surface area contributed by atoms with Crippen LogP contribution in [0, 0.1) is 22.0 Å². The maximum atomic E-state index is 12.0. The first-order valence-electron chi connectivity index (χ1n) is 7.72. The number of hydrogen-bond donors (Lipinski definition) is 1. The van der Waals surface area contributed by atoms with E-state index in [2.05, 4.69) is 5.32 Å². The van der Waals surface area contributed by atoms with Gasteiger partial charge in [0, 0.05) is 23.9 Å². The summed E-state index contributed by atoms with van der Waals surface area (Å²) in [7, 11) is 0. The molecule has 0 aromatic heterocycles. The van der Waals surface area contributed by atoms with Crippen LogP contribution in [0.2, 0.25) is 0 Å². The lowest BCUT2D eigenvalue weighted by Crippen LogP contribution is -2.39. The third-order valence-electron chi connectivity index (χ3n) is 4.73. The van der Waals surface area contributed by atoms with Crippen LogP contribution in [0.25, 0.3) is 0 Å². The van der Waals surface area contributed by atoms with E-state index in [0.717, 1.165) is 17.9 Å². The Bertz CT molecular complexity index is 561. The van der Waals surface area contributed by atoms with Gasteiger partial charge >= 0.3 is 0 Å². The number of nitro groups is 1. The highest BCUT2D eigenvalue weighted by molar-refractivity contribution is 7.99. The molecule has 0 unspecified atom stereocenters. The molecular formula is C16H20N2O3S. The van der Waals surface area contributed by atoms with Gasteiger partial charge in [0.05, 0.1) is 10.7 Å².